The molecule has 1 aliphatic heterocycles. The van der Waals surface area contributed by atoms with E-state index in [9.17, 15) is 4.79 Å². The monoisotopic (exact) mass is 328 g/mol. The molecule has 3 heteroatoms. The Kier molecular flexibility index (Phi) is 4.08. The topological polar surface area (TPSA) is 23.6 Å². The van der Waals surface area contributed by atoms with Crippen LogP contribution in [0.3, 0.4) is 0 Å². The second kappa shape index (κ2) is 6.54. The predicted octanol–water partition coefficient (Wildman–Crippen LogP) is 4.21. The van der Waals surface area contributed by atoms with Crippen molar-refractivity contribution in [3.63, 3.8) is 0 Å². The third kappa shape index (κ3) is 2.83. The second-order valence-corrected chi connectivity index (χ2v) is 6.35. The molecule has 0 spiro atoms. The largest absolute Gasteiger partial charge is 0.272 e. The minimum Gasteiger partial charge on any atom is -0.272 e. The van der Waals surface area contributed by atoms with Crippen molar-refractivity contribution in [2.45, 2.75) is 12.5 Å². The van der Waals surface area contributed by atoms with Gasteiger partial charge in [0, 0.05) is 13.6 Å². The molecule has 4 rings (SSSR count). The van der Waals surface area contributed by atoms with Crippen LogP contribution in [0.5, 0.6) is 0 Å². The van der Waals surface area contributed by atoms with E-state index in [1.54, 1.807) is 0 Å². The van der Waals surface area contributed by atoms with Crippen LogP contribution in [0.15, 0.2) is 84.9 Å². The van der Waals surface area contributed by atoms with Crippen LogP contribution >= 0.6 is 0 Å². The molecule has 1 unspecified atom stereocenters. The zero-order valence-corrected chi connectivity index (χ0v) is 14.2. The summed E-state index contributed by atoms with van der Waals surface area (Å²) in [4.78, 5) is 13.3. The molecule has 1 aliphatic rings. The predicted molar refractivity (Wildman–Crippen MR) is 100 cm³/mol. The maximum atomic E-state index is 13.3. The Balaban J connectivity index is 1.70. The van der Waals surface area contributed by atoms with Gasteiger partial charge in [-0.05, 0) is 22.8 Å². The Labute approximate surface area is 148 Å². The Hall–Kier alpha value is -2.91. The molecule has 25 heavy (non-hydrogen) atoms. The number of benzene rings is 3. The normalized spacial score (nSPS) is 16.3. The summed E-state index contributed by atoms with van der Waals surface area (Å²) in [5.74, 6) is -0.138. The van der Waals surface area contributed by atoms with Gasteiger partial charge in [0.1, 0.15) is 0 Å². The fourth-order valence-corrected chi connectivity index (χ4v) is 3.54. The summed E-state index contributed by atoms with van der Waals surface area (Å²) in [6.07, 6.45) is 0. The van der Waals surface area contributed by atoms with E-state index in [1.807, 2.05) is 83.8 Å². The van der Waals surface area contributed by atoms with E-state index in [2.05, 4.69) is 18.2 Å². The molecule has 1 heterocycles. The molecule has 0 aliphatic carbocycles. The highest BCUT2D eigenvalue weighted by Gasteiger charge is 2.39. The van der Waals surface area contributed by atoms with E-state index in [-0.39, 0.29) is 11.8 Å². The van der Waals surface area contributed by atoms with Crippen molar-refractivity contribution in [3.8, 4) is 0 Å². The van der Waals surface area contributed by atoms with Crippen LogP contribution in [0.4, 0.5) is 5.69 Å². The van der Waals surface area contributed by atoms with Crippen LogP contribution in [0.1, 0.15) is 22.6 Å². The molecule has 0 radical (unpaired) electrons. The van der Waals surface area contributed by atoms with Crippen LogP contribution < -0.4 is 5.01 Å². The molecule has 3 aromatic rings. The smallest absolute Gasteiger partial charge is 0.253 e. The van der Waals surface area contributed by atoms with Crippen molar-refractivity contribution < 1.29 is 4.79 Å². The number of anilines is 1. The average molecular weight is 328 g/mol. The van der Waals surface area contributed by atoms with Crippen LogP contribution in [0.25, 0.3) is 0 Å². The van der Waals surface area contributed by atoms with Gasteiger partial charge in [0.2, 0.25) is 0 Å². The third-order valence-corrected chi connectivity index (χ3v) is 4.66. The number of hydrazine groups is 1. The van der Waals surface area contributed by atoms with Gasteiger partial charge in [-0.2, -0.15) is 0 Å². The Morgan fingerprint density at radius 3 is 2.16 bits per heavy atom. The van der Waals surface area contributed by atoms with E-state index in [4.69, 9.17) is 0 Å². The van der Waals surface area contributed by atoms with Gasteiger partial charge >= 0.3 is 0 Å². The van der Waals surface area contributed by atoms with Crippen molar-refractivity contribution in [2.75, 3.05) is 12.1 Å². The Bertz CT molecular complexity index is 877. The quantitative estimate of drug-likeness (QED) is 0.716. The first kappa shape index (κ1) is 15.6. The van der Waals surface area contributed by atoms with Crippen molar-refractivity contribution in [2.24, 2.45) is 0 Å². The number of amides is 1. The molecule has 0 saturated heterocycles. The van der Waals surface area contributed by atoms with Crippen molar-refractivity contribution in [3.05, 3.63) is 102 Å². The van der Waals surface area contributed by atoms with Gasteiger partial charge in [0.15, 0.2) is 0 Å². The summed E-state index contributed by atoms with van der Waals surface area (Å²) in [6, 6.07) is 28.3. The van der Waals surface area contributed by atoms with Crippen LogP contribution in [-0.4, -0.2) is 18.0 Å². The fourth-order valence-electron chi connectivity index (χ4n) is 3.54. The summed E-state index contributed by atoms with van der Waals surface area (Å²) in [5, 5.41) is 3.82. The summed E-state index contributed by atoms with van der Waals surface area (Å²) < 4.78 is 0. The van der Waals surface area contributed by atoms with Crippen LogP contribution in [-0.2, 0) is 11.3 Å². The molecule has 3 aromatic carbocycles. The number of carbonyl (C=O) groups is 1. The van der Waals surface area contributed by atoms with E-state index in [0.29, 0.717) is 6.54 Å². The molecular weight excluding hydrogens is 308 g/mol. The molecule has 0 saturated carbocycles. The number of hydrogen-bond donors (Lipinski definition) is 0. The van der Waals surface area contributed by atoms with E-state index < -0.39 is 0 Å². The first-order valence-corrected chi connectivity index (χ1v) is 8.48. The van der Waals surface area contributed by atoms with Crippen LogP contribution in [0, 0.1) is 0 Å². The number of carbonyl (C=O) groups excluding carboxylic acids is 1. The lowest BCUT2D eigenvalue weighted by atomic mass is 9.93. The van der Waals surface area contributed by atoms with Crippen molar-refractivity contribution >= 4 is 11.6 Å². The van der Waals surface area contributed by atoms with Gasteiger partial charge in [-0.3, -0.25) is 4.79 Å². The lowest BCUT2D eigenvalue weighted by Gasteiger charge is -2.29. The average Bonchev–Trinajstić information content (AvgIpc) is 2.95. The zero-order chi connectivity index (χ0) is 17.2. The molecule has 0 fully saturated rings. The first-order chi connectivity index (χ1) is 12.3. The highest BCUT2D eigenvalue weighted by Crippen LogP contribution is 2.41. The molecular formula is C22H20N2O. The molecule has 0 bridgehead atoms. The maximum Gasteiger partial charge on any atom is 0.253 e. The number of fused-ring (bicyclic) bond motifs is 1. The Morgan fingerprint density at radius 2 is 1.44 bits per heavy atom. The number of para-hydroxylation sites is 1. The number of hydrogen-bond acceptors (Lipinski definition) is 2. The molecule has 124 valence electrons. The first-order valence-electron chi connectivity index (χ1n) is 8.48. The molecule has 0 aromatic heterocycles. The summed E-state index contributed by atoms with van der Waals surface area (Å²) in [5.41, 5.74) is 4.26. The summed E-state index contributed by atoms with van der Waals surface area (Å²) in [7, 11) is 1.97. The van der Waals surface area contributed by atoms with E-state index >= 15 is 0 Å². The van der Waals surface area contributed by atoms with Gasteiger partial charge < -0.3 is 0 Å². The third-order valence-electron chi connectivity index (χ3n) is 4.66. The van der Waals surface area contributed by atoms with Gasteiger partial charge in [0.05, 0.1) is 11.6 Å². The standard InChI is InChI=1S/C22H20N2O/c1-23(16-17-10-4-2-5-11-17)24-20-15-9-8-14-19(20)21(22(24)25)18-12-6-3-7-13-18/h2-15,21H,16H2,1H3. The van der Waals surface area contributed by atoms with Gasteiger partial charge in [-0.25, -0.2) is 10.0 Å². The molecule has 1 amide bonds. The SMILES string of the molecule is CN(Cc1ccccc1)N1C(=O)C(c2ccccc2)c2ccccc21. The molecule has 0 N–H and O–H groups in total. The van der Waals surface area contributed by atoms with Crippen molar-refractivity contribution in [1.29, 1.82) is 0 Å². The van der Waals surface area contributed by atoms with Crippen molar-refractivity contribution in [1.82, 2.24) is 5.01 Å². The highest BCUT2D eigenvalue weighted by atomic mass is 16.2. The lowest BCUT2D eigenvalue weighted by Crippen LogP contribution is -2.42. The minimum absolute atomic E-state index is 0.103. The molecule has 3 nitrogen and oxygen atoms in total. The van der Waals surface area contributed by atoms with Gasteiger partial charge in [-0.1, -0.05) is 78.9 Å². The van der Waals surface area contributed by atoms with Gasteiger partial charge in [-0.15, -0.1) is 0 Å². The van der Waals surface area contributed by atoms with Gasteiger partial charge in [0.25, 0.3) is 5.91 Å². The molecule has 1 atom stereocenters. The minimum atomic E-state index is -0.240. The lowest BCUT2D eigenvalue weighted by molar-refractivity contribution is -0.121. The summed E-state index contributed by atoms with van der Waals surface area (Å²) in [6.45, 7) is 0.683. The van der Waals surface area contributed by atoms with E-state index in [0.717, 1.165) is 16.8 Å². The number of nitrogens with zero attached hydrogens (tertiary/aromatic N) is 2. The summed E-state index contributed by atoms with van der Waals surface area (Å²) >= 11 is 0. The number of rotatable bonds is 4. The fraction of sp³-hybridized carbons (Fsp3) is 0.136. The zero-order valence-electron chi connectivity index (χ0n) is 14.2. The second-order valence-electron chi connectivity index (χ2n) is 6.35. The Morgan fingerprint density at radius 1 is 0.840 bits per heavy atom. The van der Waals surface area contributed by atoms with Crippen LogP contribution in [0.2, 0.25) is 0 Å². The highest BCUT2D eigenvalue weighted by molar-refractivity contribution is 6.06. The maximum absolute atomic E-state index is 13.3. The van der Waals surface area contributed by atoms with E-state index in [1.165, 1.54) is 5.56 Å².